The van der Waals surface area contributed by atoms with Crippen molar-refractivity contribution in [2.45, 2.75) is 44.7 Å². The van der Waals surface area contributed by atoms with Crippen molar-refractivity contribution in [2.24, 2.45) is 17.6 Å². The molecule has 2 N–H and O–H groups in total. The Morgan fingerprint density at radius 1 is 1.03 bits per heavy atom. The maximum Gasteiger partial charge on any atom is 0.249 e. The summed E-state index contributed by atoms with van der Waals surface area (Å²) >= 11 is 0. The summed E-state index contributed by atoms with van der Waals surface area (Å²) in [5.41, 5.74) is 7.17. The number of rotatable bonds is 5. The van der Waals surface area contributed by atoms with Gasteiger partial charge in [-0.1, -0.05) is 0 Å². The summed E-state index contributed by atoms with van der Waals surface area (Å²) in [6, 6.07) is 8.18. The van der Waals surface area contributed by atoms with Crippen LogP contribution in [-0.2, 0) is 16.2 Å². The van der Waals surface area contributed by atoms with Crippen molar-refractivity contribution in [1.29, 1.82) is 0 Å². The molecule has 1 aliphatic heterocycles. The number of benzene rings is 2. The zero-order valence-corrected chi connectivity index (χ0v) is 18.6. The first kappa shape index (κ1) is 22.5. The molecule has 1 aromatic heterocycles. The van der Waals surface area contributed by atoms with E-state index in [-0.39, 0.29) is 11.8 Å². The van der Waals surface area contributed by atoms with Gasteiger partial charge in [-0.2, -0.15) is 5.10 Å². The smallest absolute Gasteiger partial charge is 0.249 e. The highest BCUT2D eigenvalue weighted by molar-refractivity contribution is 5.96. The summed E-state index contributed by atoms with van der Waals surface area (Å²) in [6.45, 7) is 1.07. The number of carbonyl (C=O) groups excluding carboxylic acids is 2. The van der Waals surface area contributed by atoms with Gasteiger partial charge in [-0.05, 0) is 67.5 Å². The number of primary amides is 1. The van der Waals surface area contributed by atoms with E-state index in [1.807, 2.05) is 10.7 Å². The number of hydroxylamine groups is 2. The Morgan fingerprint density at radius 3 is 2.47 bits per heavy atom. The van der Waals surface area contributed by atoms with Crippen LogP contribution in [0.1, 0.15) is 54.1 Å². The first-order valence-corrected chi connectivity index (χ1v) is 11.6. The Kier molecular flexibility index (Phi) is 6.03. The van der Waals surface area contributed by atoms with Crippen molar-refractivity contribution >= 4 is 22.7 Å². The van der Waals surface area contributed by atoms with Crippen LogP contribution in [0.15, 0.2) is 42.6 Å². The van der Waals surface area contributed by atoms with Crippen molar-refractivity contribution < 1.29 is 23.2 Å². The highest BCUT2D eigenvalue weighted by Crippen LogP contribution is 2.37. The number of nitrogens with two attached hydrogens (primary N) is 1. The van der Waals surface area contributed by atoms with Crippen LogP contribution in [0, 0.1) is 23.5 Å². The molecule has 0 spiro atoms. The molecule has 2 heterocycles. The molecule has 0 radical (unpaired) electrons. The summed E-state index contributed by atoms with van der Waals surface area (Å²) in [5, 5.41) is 6.67. The Balaban J connectivity index is 1.21. The first-order valence-electron chi connectivity index (χ1n) is 11.6. The third kappa shape index (κ3) is 4.40. The SMILES string of the molecule is NC(=O)c1ccc2c(cnn2C[C@H]2CC[C@H](C(=O)N3OCC[C@H]3c3cc(F)cc(F)c3)CC2)c1. The molecule has 34 heavy (non-hydrogen) atoms. The van der Waals surface area contributed by atoms with Gasteiger partial charge in [0.15, 0.2) is 0 Å². The fourth-order valence-electron chi connectivity index (χ4n) is 5.16. The van der Waals surface area contributed by atoms with Gasteiger partial charge in [-0.25, -0.2) is 13.8 Å². The van der Waals surface area contributed by atoms with Crippen molar-refractivity contribution in [3.63, 3.8) is 0 Å². The van der Waals surface area contributed by atoms with E-state index in [4.69, 9.17) is 10.6 Å². The van der Waals surface area contributed by atoms with E-state index in [1.54, 1.807) is 18.3 Å². The standard InChI is InChI=1S/C25H26F2N4O3/c26-20-10-18(11-21(27)12-20)23-7-8-34-31(23)25(33)16-3-1-15(2-4-16)14-30-22-6-5-17(24(28)32)9-19(22)13-29-30/h5-6,9-13,15-16,23H,1-4,7-8,14H2,(H2,28,32)/t15-,16-,23-/m0/s1. The topological polar surface area (TPSA) is 90.5 Å². The van der Waals surface area contributed by atoms with Gasteiger partial charge in [0, 0.05) is 35.9 Å². The molecule has 1 saturated heterocycles. The largest absolute Gasteiger partial charge is 0.366 e. The maximum atomic E-state index is 13.7. The van der Waals surface area contributed by atoms with E-state index in [9.17, 15) is 18.4 Å². The molecule has 2 aromatic carbocycles. The predicted octanol–water partition coefficient (Wildman–Crippen LogP) is 4.13. The molecule has 2 amide bonds. The highest BCUT2D eigenvalue weighted by Gasteiger charge is 2.37. The number of aromatic nitrogens is 2. The summed E-state index contributed by atoms with van der Waals surface area (Å²) < 4.78 is 29.3. The molecule has 2 aliphatic rings. The van der Waals surface area contributed by atoms with Crippen LogP contribution in [0.2, 0.25) is 0 Å². The van der Waals surface area contributed by atoms with E-state index in [2.05, 4.69) is 5.10 Å². The lowest BCUT2D eigenvalue weighted by molar-refractivity contribution is -0.183. The Hall–Kier alpha value is -3.33. The van der Waals surface area contributed by atoms with Gasteiger partial charge in [0.1, 0.15) is 11.6 Å². The fourth-order valence-corrected chi connectivity index (χ4v) is 5.16. The molecule has 7 nitrogen and oxygen atoms in total. The molecule has 0 bridgehead atoms. The number of halogens is 2. The molecular weight excluding hydrogens is 442 g/mol. The minimum atomic E-state index is -0.660. The number of amides is 2. The second-order valence-electron chi connectivity index (χ2n) is 9.19. The van der Waals surface area contributed by atoms with Crippen LogP contribution >= 0.6 is 0 Å². The zero-order valence-electron chi connectivity index (χ0n) is 18.6. The quantitative estimate of drug-likeness (QED) is 0.610. The molecule has 0 unspecified atom stereocenters. The molecule has 1 atom stereocenters. The van der Waals surface area contributed by atoms with Gasteiger partial charge in [-0.15, -0.1) is 0 Å². The summed E-state index contributed by atoms with van der Waals surface area (Å²) in [4.78, 5) is 30.2. The lowest BCUT2D eigenvalue weighted by Crippen LogP contribution is -2.37. The van der Waals surface area contributed by atoms with Crippen molar-refractivity contribution in [1.82, 2.24) is 14.8 Å². The van der Waals surface area contributed by atoms with E-state index < -0.39 is 23.6 Å². The molecule has 178 valence electrons. The van der Waals surface area contributed by atoms with Crippen LogP contribution in [0.25, 0.3) is 10.9 Å². The Morgan fingerprint density at radius 2 is 1.76 bits per heavy atom. The second kappa shape index (κ2) is 9.13. The minimum absolute atomic E-state index is 0.117. The van der Waals surface area contributed by atoms with Crippen LogP contribution in [-0.4, -0.2) is 33.3 Å². The average molecular weight is 469 g/mol. The van der Waals surface area contributed by atoms with Crippen molar-refractivity contribution in [2.75, 3.05) is 6.61 Å². The number of nitrogens with zero attached hydrogens (tertiary/aromatic N) is 3. The van der Waals surface area contributed by atoms with Crippen LogP contribution in [0.4, 0.5) is 8.78 Å². The number of hydrogen-bond acceptors (Lipinski definition) is 4. The summed E-state index contributed by atoms with van der Waals surface area (Å²) in [7, 11) is 0. The molecule has 2 fully saturated rings. The van der Waals surface area contributed by atoms with E-state index in [0.717, 1.165) is 49.2 Å². The molecule has 3 aromatic rings. The molecule has 1 saturated carbocycles. The zero-order chi connectivity index (χ0) is 23.8. The average Bonchev–Trinajstić information content (AvgIpc) is 3.46. The van der Waals surface area contributed by atoms with Crippen molar-refractivity contribution in [3.05, 3.63) is 65.4 Å². The highest BCUT2D eigenvalue weighted by atomic mass is 19.1. The van der Waals surface area contributed by atoms with E-state index in [0.29, 0.717) is 30.1 Å². The lowest BCUT2D eigenvalue weighted by Gasteiger charge is -2.32. The van der Waals surface area contributed by atoms with Gasteiger partial charge < -0.3 is 5.73 Å². The number of hydrogen-bond donors (Lipinski definition) is 1. The summed E-state index contributed by atoms with van der Waals surface area (Å²) in [5.74, 6) is -1.71. The van der Waals surface area contributed by atoms with E-state index in [1.165, 1.54) is 17.2 Å². The predicted molar refractivity (Wildman–Crippen MR) is 120 cm³/mol. The molecule has 1 aliphatic carbocycles. The first-order chi connectivity index (χ1) is 16.4. The number of carbonyl (C=O) groups is 2. The number of fused-ring (bicyclic) bond motifs is 1. The molecule has 9 heteroatoms. The van der Waals surface area contributed by atoms with E-state index >= 15 is 0 Å². The Labute approximate surface area is 195 Å². The van der Waals surface area contributed by atoms with Gasteiger partial charge in [0.25, 0.3) is 0 Å². The van der Waals surface area contributed by atoms with Crippen LogP contribution in [0.3, 0.4) is 0 Å². The van der Waals surface area contributed by atoms with Gasteiger partial charge >= 0.3 is 0 Å². The third-order valence-electron chi connectivity index (χ3n) is 6.95. The van der Waals surface area contributed by atoms with Crippen molar-refractivity contribution in [3.8, 4) is 0 Å². The molecular formula is C25H26F2N4O3. The van der Waals surface area contributed by atoms with Gasteiger partial charge in [-0.3, -0.25) is 19.1 Å². The van der Waals surface area contributed by atoms with Crippen LogP contribution in [0.5, 0.6) is 0 Å². The normalized spacial score (nSPS) is 22.9. The summed E-state index contributed by atoms with van der Waals surface area (Å²) in [6.07, 6.45) is 5.41. The maximum absolute atomic E-state index is 13.7. The third-order valence-corrected chi connectivity index (χ3v) is 6.95. The van der Waals surface area contributed by atoms with Gasteiger partial charge in [0.2, 0.25) is 11.8 Å². The monoisotopic (exact) mass is 468 g/mol. The van der Waals surface area contributed by atoms with Crippen LogP contribution < -0.4 is 5.73 Å². The Bertz CT molecular complexity index is 1220. The minimum Gasteiger partial charge on any atom is -0.366 e. The fraction of sp³-hybridized carbons (Fsp3) is 0.400. The lowest BCUT2D eigenvalue weighted by atomic mass is 9.81. The second-order valence-corrected chi connectivity index (χ2v) is 9.19. The van der Waals surface area contributed by atoms with Gasteiger partial charge in [0.05, 0.1) is 24.4 Å². The molecule has 5 rings (SSSR count).